The zero-order valence-electron chi connectivity index (χ0n) is 16.0. The van der Waals surface area contributed by atoms with E-state index in [2.05, 4.69) is 4.90 Å². The van der Waals surface area contributed by atoms with Crippen molar-refractivity contribution in [2.24, 2.45) is 5.92 Å². The molecule has 0 amide bonds. The number of aliphatic hydroxyl groups excluding tert-OH is 1. The summed E-state index contributed by atoms with van der Waals surface area (Å²) in [5, 5.41) is 9.42. The van der Waals surface area contributed by atoms with Crippen LogP contribution >= 0.6 is 0 Å². The highest BCUT2D eigenvalue weighted by atomic mass is 16.5. The van der Waals surface area contributed by atoms with Gasteiger partial charge in [0.25, 0.3) is 0 Å². The molecule has 1 atom stereocenters. The van der Waals surface area contributed by atoms with Gasteiger partial charge >= 0.3 is 0 Å². The van der Waals surface area contributed by atoms with E-state index in [0.717, 1.165) is 66.6 Å². The summed E-state index contributed by atoms with van der Waals surface area (Å²) in [5.41, 5.74) is 2.69. The smallest absolute Gasteiger partial charge is 0.230 e. The summed E-state index contributed by atoms with van der Waals surface area (Å²) >= 11 is 0. The first-order valence-corrected chi connectivity index (χ1v) is 9.08. The van der Waals surface area contributed by atoms with Crippen molar-refractivity contribution < 1.29 is 19.0 Å². The number of aliphatic hydroxyl groups is 1. The maximum absolute atomic E-state index is 9.42. The Morgan fingerprint density at radius 1 is 1.27 bits per heavy atom. The SMILES string of the molecule is COc1ccc(-c2nc(CN3CCC[C@@H](CO)C3)c(C)o2)c(OC)c1C. The van der Waals surface area contributed by atoms with Gasteiger partial charge in [0.1, 0.15) is 17.3 Å². The molecule has 1 aliphatic heterocycles. The van der Waals surface area contributed by atoms with E-state index in [-0.39, 0.29) is 6.61 Å². The lowest BCUT2D eigenvalue weighted by Crippen LogP contribution is -2.36. The Bertz CT molecular complexity index is 757. The Hall–Kier alpha value is -2.05. The highest BCUT2D eigenvalue weighted by Crippen LogP contribution is 2.38. The molecule has 0 unspecified atom stereocenters. The van der Waals surface area contributed by atoms with Crippen LogP contribution in [0.2, 0.25) is 0 Å². The second-order valence-corrected chi connectivity index (χ2v) is 6.92. The van der Waals surface area contributed by atoms with E-state index >= 15 is 0 Å². The van der Waals surface area contributed by atoms with Crippen molar-refractivity contribution in [3.05, 3.63) is 29.2 Å². The van der Waals surface area contributed by atoms with E-state index in [9.17, 15) is 5.11 Å². The van der Waals surface area contributed by atoms with Gasteiger partial charge in [-0.2, -0.15) is 0 Å². The van der Waals surface area contributed by atoms with Gasteiger partial charge in [-0.15, -0.1) is 0 Å². The molecular weight excluding hydrogens is 332 g/mol. The molecule has 1 N–H and O–H groups in total. The number of oxazole rings is 1. The second-order valence-electron chi connectivity index (χ2n) is 6.92. The molecule has 0 aliphatic carbocycles. The molecule has 0 spiro atoms. The summed E-state index contributed by atoms with van der Waals surface area (Å²) < 4.78 is 16.9. The lowest BCUT2D eigenvalue weighted by Gasteiger charge is -2.31. The average Bonchev–Trinajstić information content (AvgIpc) is 3.01. The Morgan fingerprint density at radius 2 is 2.08 bits per heavy atom. The van der Waals surface area contributed by atoms with Crippen LogP contribution in [0.4, 0.5) is 0 Å². The Balaban J connectivity index is 1.85. The van der Waals surface area contributed by atoms with Gasteiger partial charge in [-0.3, -0.25) is 4.90 Å². The summed E-state index contributed by atoms with van der Waals surface area (Å²) in [7, 11) is 3.29. The number of aryl methyl sites for hydroxylation is 1. The second kappa shape index (κ2) is 8.10. The summed E-state index contributed by atoms with van der Waals surface area (Å²) in [4.78, 5) is 7.08. The lowest BCUT2D eigenvalue weighted by atomic mass is 9.99. The van der Waals surface area contributed by atoms with Crippen molar-refractivity contribution in [1.29, 1.82) is 0 Å². The molecule has 0 saturated carbocycles. The van der Waals surface area contributed by atoms with Crippen molar-refractivity contribution in [3.63, 3.8) is 0 Å². The molecule has 2 aromatic rings. The van der Waals surface area contributed by atoms with Crippen molar-refractivity contribution >= 4 is 0 Å². The monoisotopic (exact) mass is 360 g/mol. The summed E-state index contributed by atoms with van der Waals surface area (Å²) in [6.07, 6.45) is 2.21. The summed E-state index contributed by atoms with van der Waals surface area (Å²) in [5.74, 6) is 3.24. The topological polar surface area (TPSA) is 68.0 Å². The number of aromatic nitrogens is 1. The van der Waals surface area contributed by atoms with E-state index in [1.54, 1.807) is 14.2 Å². The summed E-state index contributed by atoms with van der Waals surface area (Å²) in [6, 6.07) is 3.82. The minimum absolute atomic E-state index is 0.252. The van der Waals surface area contributed by atoms with Crippen molar-refractivity contribution in [3.8, 4) is 23.0 Å². The predicted octanol–water partition coefficient (Wildman–Crippen LogP) is 3.18. The molecule has 0 bridgehead atoms. The van der Waals surface area contributed by atoms with E-state index in [1.165, 1.54) is 0 Å². The van der Waals surface area contributed by atoms with E-state index in [4.69, 9.17) is 18.9 Å². The minimum atomic E-state index is 0.252. The first kappa shape index (κ1) is 18.7. The number of methoxy groups -OCH3 is 2. The zero-order valence-corrected chi connectivity index (χ0v) is 16.0. The molecule has 6 heteroatoms. The fourth-order valence-electron chi connectivity index (χ4n) is 3.67. The average molecular weight is 360 g/mol. The molecule has 1 fully saturated rings. The quantitative estimate of drug-likeness (QED) is 0.853. The number of hydrogen-bond donors (Lipinski definition) is 1. The number of nitrogens with zero attached hydrogens (tertiary/aromatic N) is 2. The van der Waals surface area contributed by atoms with Crippen LogP contribution in [0.25, 0.3) is 11.5 Å². The number of piperidine rings is 1. The third-order valence-corrected chi connectivity index (χ3v) is 5.14. The van der Waals surface area contributed by atoms with Crippen LogP contribution in [0, 0.1) is 19.8 Å². The van der Waals surface area contributed by atoms with Crippen LogP contribution in [0.3, 0.4) is 0 Å². The first-order chi connectivity index (χ1) is 12.6. The fourth-order valence-corrected chi connectivity index (χ4v) is 3.67. The Kier molecular flexibility index (Phi) is 5.84. The molecule has 142 valence electrons. The molecule has 26 heavy (non-hydrogen) atoms. The molecule has 1 aromatic heterocycles. The number of benzene rings is 1. The maximum Gasteiger partial charge on any atom is 0.230 e. The van der Waals surface area contributed by atoms with Crippen molar-refractivity contribution in [2.75, 3.05) is 33.9 Å². The first-order valence-electron chi connectivity index (χ1n) is 9.08. The van der Waals surface area contributed by atoms with E-state index in [1.807, 2.05) is 26.0 Å². The Morgan fingerprint density at radius 3 is 2.77 bits per heavy atom. The molecular formula is C20H28N2O4. The molecule has 0 radical (unpaired) electrons. The zero-order chi connectivity index (χ0) is 18.7. The van der Waals surface area contributed by atoms with Gasteiger partial charge < -0.3 is 19.0 Å². The molecule has 2 heterocycles. The van der Waals surface area contributed by atoms with Crippen molar-refractivity contribution in [1.82, 2.24) is 9.88 Å². The summed E-state index contributed by atoms with van der Waals surface area (Å²) in [6.45, 7) is 6.83. The van der Waals surface area contributed by atoms with Gasteiger partial charge in [0.05, 0.1) is 25.5 Å². The molecule has 6 nitrogen and oxygen atoms in total. The molecule has 3 rings (SSSR count). The minimum Gasteiger partial charge on any atom is -0.496 e. The van der Waals surface area contributed by atoms with Crippen LogP contribution < -0.4 is 9.47 Å². The van der Waals surface area contributed by atoms with E-state index < -0.39 is 0 Å². The Labute approximate surface area is 154 Å². The number of rotatable bonds is 6. The standard InChI is InChI=1S/C20H28N2O4/c1-13-18(24-3)8-7-16(19(13)25-4)20-21-17(14(2)26-20)11-22-9-5-6-15(10-22)12-23/h7-8,15,23H,5-6,9-12H2,1-4H3/t15-/m1/s1. The van der Waals surface area contributed by atoms with Crippen LogP contribution in [0.5, 0.6) is 11.5 Å². The lowest BCUT2D eigenvalue weighted by molar-refractivity contribution is 0.115. The highest BCUT2D eigenvalue weighted by molar-refractivity contribution is 5.68. The number of hydrogen-bond acceptors (Lipinski definition) is 6. The van der Waals surface area contributed by atoms with Crippen LogP contribution in [-0.4, -0.2) is 48.9 Å². The maximum atomic E-state index is 9.42. The van der Waals surface area contributed by atoms with Gasteiger partial charge in [-0.1, -0.05) is 0 Å². The predicted molar refractivity (Wildman–Crippen MR) is 99.6 cm³/mol. The largest absolute Gasteiger partial charge is 0.496 e. The van der Waals surface area contributed by atoms with Crippen LogP contribution in [0.15, 0.2) is 16.5 Å². The van der Waals surface area contributed by atoms with Crippen molar-refractivity contribution in [2.45, 2.75) is 33.2 Å². The van der Waals surface area contributed by atoms with Gasteiger partial charge in [-0.05, 0) is 51.3 Å². The number of ether oxygens (including phenoxy) is 2. The van der Waals surface area contributed by atoms with Gasteiger partial charge in [0.2, 0.25) is 5.89 Å². The third kappa shape index (κ3) is 3.71. The normalized spacial score (nSPS) is 18.1. The van der Waals surface area contributed by atoms with Gasteiger partial charge in [-0.25, -0.2) is 4.98 Å². The third-order valence-electron chi connectivity index (χ3n) is 5.14. The van der Waals surface area contributed by atoms with Gasteiger partial charge in [0, 0.05) is 25.3 Å². The molecule has 1 aliphatic rings. The fraction of sp³-hybridized carbons (Fsp3) is 0.550. The number of likely N-dealkylation sites (tertiary alicyclic amines) is 1. The van der Waals surface area contributed by atoms with Crippen LogP contribution in [-0.2, 0) is 6.54 Å². The highest BCUT2D eigenvalue weighted by Gasteiger charge is 2.23. The molecule has 1 aromatic carbocycles. The van der Waals surface area contributed by atoms with Gasteiger partial charge in [0.15, 0.2) is 0 Å². The van der Waals surface area contributed by atoms with E-state index in [0.29, 0.717) is 11.8 Å². The van der Waals surface area contributed by atoms with Crippen LogP contribution in [0.1, 0.15) is 29.9 Å². The molecule has 1 saturated heterocycles.